The van der Waals surface area contributed by atoms with Crippen LogP contribution in [-0.2, 0) is 24.8 Å². The number of amides is 1. The fourth-order valence-corrected chi connectivity index (χ4v) is 2.31. The predicted octanol–water partition coefficient (Wildman–Crippen LogP) is 1.39. The molecule has 2 heterocycles. The third-order valence-electron chi connectivity index (χ3n) is 2.60. The Bertz CT molecular complexity index is 546. The number of hydrogen-bond acceptors (Lipinski definition) is 4. The normalized spacial score (nSPS) is 10.6. The lowest BCUT2D eigenvalue weighted by Gasteiger charge is -2.15. The molecule has 0 aliphatic rings. The van der Waals surface area contributed by atoms with Crippen molar-refractivity contribution in [2.45, 2.75) is 19.9 Å². The number of carbonyl (C=O) groups excluding carboxylic acids is 1. The van der Waals surface area contributed by atoms with Gasteiger partial charge in [-0.05, 0) is 6.92 Å². The van der Waals surface area contributed by atoms with Crippen molar-refractivity contribution in [2.24, 2.45) is 7.05 Å². The number of aryl methyl sites for hydroxylation is 2. The molecule has 0 saturated carbocycles. The molecule has 0 aliphatic heterocycles. The zero-order chi connectivity index (χ0) is 13.1. The Morgan fingerprint density at radius 2 is 2.33 bits per heavy atom. The molecule has 6 heteroatoms. The maximum absolute atomic E-state index is 12.0. The SMILES string of the molecule is Cc1nc(CC(=O)N(C)Cc2cnn(C)c2)cs1. The van der Waals surface area contributed by atoms with Gasteiger partial charge >= 0.3 is 0 Å². The highest BCUT2D eigenvalue weighted by Gasteiger charge is 2.12. The molecule has 0 N–H and O–H groups in total. The molecule has 96 valence electrons. The molecule has 0 bridgehead atoms. The van der Waals surface area contributed by atoms with Crippen LogP contribution in [-0.4, -0.2) is 32.6 Å². The van der Waals surface area contributed by atoms with Crippen LogP contribution in [0.15, 0.2) is 17.8 Å². The lowest BCUT2D eigenvalue weighted by Crippen LogP contribution is -2.27. The van der Waals surface area contributed by atoms with E-state index in [2.05, 4.69) is 10.1 Å². The Hall–Kier alpha value is -1.69. The third-order valence-corrected chi connectivity index (χ3v) is 3.43. The van der Waals surface area contributed by atoms with E-state index >= 15 is 0 Å². The summed E-state index contributed by atoms with van der Waals surface area (Å²) in [6.45, 7) is 2.52. The van der Waals surface area contributed by atoms with Crippen molar-refractivity contribution >= 4 is 17.2 Å². The first-order valence-electron chi connectivity index (χ1n) is 5.67. The van der Waals surface area contributed by atoms with Crippen LogP contribution in [0.3, 0.4) is 0 Å². The van der Waals surface area contributed by atoms with Crippen molar-refractivity contribution in [3.8, 4) is 0 Å². The summed E-state index contributed by atoms with van der Waals surface area (Å²) in [6.07, 6.45) is 4.05. The summed E-state index contributed by atoms with van der Waals surface area (Å²) in [7, 11) is 3.66. The standard InChI is InChI=1S/C12H16N4OS/c1-9-14-11(8-18-9)4-12(17)15(2)6-10-5-13-16(3)7-10/h5,7-8H,4,6H2,1-3H3. The lowest BCUT2D eigenvalue weighted by atomic mass is 10.3. The molecule has 18 heavy (non-hydrogen) atoms. The summed E-state index contributed by atoms with van der Waals surface area (Å²) in [5.41, 5.74) is 1.88. The molecule has 1 amide bonds. The van der Waals surface area contributed by atoms with Crippen LogP contribution in [0, 0.1) is 6.92 Å². The molecule has 0 aliphatic carbocycles. The van der Waals surface area contributed by atoms with E-state index in [1.807, 2.05) is 25.5 Å². The molecule has 0 aromatic carbocycles. The minimum absolute atomic E-state index is 0.0733. The number of carbonyl (C=O) groups is 1. The first-order chi connectivity index (χ1) is 8.54. The number of rotatable bonds is 4. The van der Waals surface area contributed by atoms with E-state index < -0.39 is 0 Å². The molecule has 0 saturated heterocycles. The summed E-state index contributed by atoms with van der Waals surface area (Å²) in [4.78, 5) is 18.0. The van der Waals surface area contributed by atoms with E-state index in [9.17, 15) is 4.79 Å². The van der Waals surface area contributed by atoms with Gasteiger partial charge in [-0.25, -0.2) is 4.98 Å². The Morgan fingerprint density at radius 3 is 2.89 bits per heavy atom. The Balaban J connectivity index is 1.92. The van der Waals surface area contributed by atoms with Gasteiger partial charge in [-0.1, -0.05) is 0 Å². The highest BCUT2D eigenvalue weighted by Crippen LogP contribution is 2.10. The van der Waals surface area contributed by atoms with Crippen LogP contribution in [0.25, 0.3) is 0 Å². The first-order valence-corrected chi connectivity index (χ1v) is 6.55. The van der Waals surface area contributed by atoms with Crippen molar-refractivity contribution in [2.75, 3.05) is 7.05 Å². The maximum Gasteiger partial charge on any atom is 0.228 e. The number of aromatic nitrogens is 3. The summed E-state index contributed by atoms with van der Waals surface area (Å²) in [6, 6.07) is 0. The van der Waals surface area contributed by atoms with Gasteiger partial charge in [0.2, 0.25) is 5.91 Å². The quantitative estimate of drug-likeness (QED) is 0.838. The second-order valence-electron chi connectivity index (χ2n) is 4.31. The zero-order valence-electron chi connectivity index (χ0n) is 10.8. The minimum atomic E-state index is 0.0733. The van der Waals surface area contributed by atoms with E-state index in [1.165, 1.54) is 0 Å². The van der Waals surface area contributed by atoms with E-state index in [-0.39, 0.29) is 5.91 Å². The minimum Gasteiger partial charge on any atom is -0.341 e. The number of hydrogen-bond donors (Lipinski definition) is 0. The molecule has 5 nitrogen and oxygen atoms in total. The second kappa shape index (κ2) is 5.30. The van der Waals surface area contributed by atoms with Crippen molar-refractivity contribution in [3.63, 3.8) is 0 Å². The van der Waals surface area contributed by atoms with Gasteiger partial charge in [-0.15, -0.1) is 11.3 Å². The van der Waals surface area contributed by atoms with Crippen molar-refractivity contribution < 1.29 is 4.79 Å². The smallest absolute Gasteiger partial charge is 0.228 e. The van der Waals surface area contributed by atoms with Crippen molar-refractivity contribution in [3.05, 3.63) is 34.0 Å². The number of nitrogens with zero attached hydrogens (tertiary/aromatic N) is 4. The molecule has 0 unspecified atom stereocenters. The van der Waals surface area contributed by atoms with Crippen LogP contribution in [0.2, 0.25) is 0 Å². The molecular weight excluding hydrogens is 248 g/mol. The molecule has 0 fully saturated rings. The molecule has 0 radical (unpaired) electrons. The maximum atomic E-state index is 12.0. The summed E-state index contributed by atoms with van der Waals surface area (Å²) in [5.74, 6) is 0.0733. The number of likely N-dealkylation sites (N-methyl/N-ethyl adjacent to an activating group) is 1. The monoisotopic (exact) mass is 264 g/mol. The van der Waals surface area contributed by atoms with Crippen LogP contribution < -0.4 is 0 Å². The number of thiazole rings is 1. The summed E-state index contributed by atoms with van der Waals surface area (Å²) in [5, 5.41) is 7.01. The lowest BCUT2D eigenvalue weighted by molar-refractivity contribution is -0.129. The molecule has 2 aromatic heterocycles. The highest BCUT2D eigenvalue weighted by atomic mass is 32.1. The van der Waals surface area contributed by atoms with Gasteiger partial charge in [0, 0.05) is 37.8 Å². The predicted molar refractivity (Wildman–Crippen MR) is 70.2 cm³/mol. The molecular formula is C12H16N4OS. The van der Waals surface area contributed by atoms with Crippen LogP contribution in [0.1, 0.15) is 16.3 Å². The average Bonchev–Trinajstić information content (AvgIpc) is 2.88. The van der Waals surface area contributed by atoms with Crippen LogP contribution in [0.5, 0.6) is 0 Å². The fourth-order valence-electron chi connectivity index (χ4n) is 1.69. The Labute approximate surface area is 110 Å². The van der Waals surface area contributed by atoms with Gasteiger partial charge in [-0.3, -0.25) is 9.48 Å². The van der Waals surface area contributed by atoms with Gasteiger partial charge < -0.3 is 4.90 Å². The van der Waals surface area contributed by atoms with E-state index in [4.69, 9.17) is 0 Å². The van der Waals surface area contributed by atoms with E-state index in [1.54, 1.807) is 34.2 Å². The van der Waals surface area contributed by atoms with Gasteiger partial charge in [-0.2, -0.15) is 5.10 Å². The largest absolute Gasteiger partial charge is 0.341 e. The topological polar surface area (TPSA) is 51.0 Å². The fraction of sp³-hybridized carbons (Fsp3) is 0.417. The molecule has 0 atom stereocenters. The first kappa shape index (κ1) is 12.8. The average molecular weight is 264 g/mol. The van der Waals surface area contributed by atoms with E-state index in [0.29, 0.717) is 13.0 Å². The molecule has 2 rings (SSSR count). The highest BCUT2D eigenvalue weighted by molar-refractivity contribution is 7.09. The van der Waals surface area contributed by atoms with Crippen LogP contribution in [0.4, 0.5) is 0 Å². The summed E-state index contributed by atoms with van der Waals surface area (Å²) >= 11 is 1.57. The molecule has 0 spiro atoms. The third kappa shape index (κ3) is 3.16. The van der Waals surface area contributed by atoms with Crippen LogP contribution >= 0.6 is 11.3 Å². The van der Waals surface area contributed by atoms with Gasteiger partial charge in [0.15, 0.2) is 0 Å². The van der Waals surface area contributed by atoms with Gasteiger partial charge in [0.25, 0.3) is 0 Å². The zero-order valence-corrected chi connectivity index (χ0v) is 11.6. The molecule has 2 aromatic rings. The van der Waals surface area contributed by atoms with E-state index in [0.717, 1.165) is 16.3 Å². The second-order valence-corrected chi connectivity index (χ2v) is 5.37. The Kier molecular flexibility index (Phi) is 3.76. The van der Waals surface area contributed by atoms with Gasteiger partial charge in [0.1, 0.15) is 0 Å². The van der Waals surface area contributed by atoms with Gasteiger partial charge in [0.05, 0.1) is 23.3 Å². The van der Waals surface area contributed by atoms with Crippen molar-refractivity contribution in [1.82, 2.24) is 19.7 Å². The summed E-state index contributed by atoms with van der Waals surface area (Å²) < 4.78 is 1.73. The Morgan fingerprint density at radius 1 is 1.56 bits per heavy atom. The van der Waals surface area contributed by atoms with Crippen molar-refractivity contribution in [1.29, 1.82) is 0 Å².